The second kappa shape index (κ2) is 8.71. The molecule has 0 atom stereocenters. The summed E-state index contributed by atoms with van der Waals surface area (Å²) in [4.78, 5) is 29.7. The predicted octanol–water partition coefficient (Wildman–Crippen LogP) is 4.72. The third-order valence-corrected chi connectivity index (χ3v) is 5.11. The maximum atomic E-state index is 12.6. The van der Waals surface area contributed by atoms with Gasteiger partial charge < -0.3 is 14.6 Å². The summed E-state index contributed by atoms with van der Waals surface area (Å²) in [5.74, 6) is -0.291. The fourth-order valence-corrected chi connectivity index (χ4v) is 3.32. The highest BCUT2D eigenvalue weighted by Gasteiger charge is 2.17. The molecule has 1 N–H and O–H groups in total. The number of anilines is 1. The molecule has 7 nitrogen and oxygen atoms in total. The molecule has 0 aliphatic heterocycles. The first-order valence-electron chi connectivity index (χ1n) is 9.11. The molecule has 0 fully saturated rings. The highest BCUT2D eigenvalue weighted by Crippen LogP contribution is 2.20. The summed E-state index contributed by atoms with van der Waals surface area (Å²) in [7, 11) is 0. The van der Waals surface area contributed by atoms with Gasteiger partial charge in [-0.1, -0.05) is 53.2 Å². The van der Waals surface area contributed by atoms with Crippen LogP contribution in [0.3, 0.4) is 0 Å². The second-order valence-electron chi connectivity index (χ2n) is 6.43. The van der Waals surface area contributed by atoms with Gasteiger partial charge in [0, 0.05) is 5.56 Å². The van der Waals surface area contributed by atoms with E-state index in [-0.39, 0.29) is 24.0 Å². The number of aromatic nitrogens is 2. The first-order valence-corrected chi connectivity index (χ1v) is 9.99. The topological polar surface area (TPSA) is 94.3 Å². The number of thiophene rings is 1. The van der Waals surface area contributed by atoms with Crippen LogP contribution in [0.4, 0.5) is 5.69 Å². The highest BCUT2D eigenvalue weighted by molar-refractivity contribution is 7.12. The third-order valence-electron chi connectivity index (χ3n) is 4.24. The summed E-state index contributed by atoms with van der Waals surface area (Å²) in [6.45, 7) is 1.82. The first kappa shape index (κ1) is 19.5. The molecule has 0 saturated heterocycles. The number of hydrogen-bond donors (Lipinski definition) is 1. The number of nitrogens with one attached hydrogen (secondary N) is 1. The van der Waals surface area contributed by atoms with E-state index in [0.29, 0.717) is 16.4 Å². The highest BCUT2D eigenvalue weighted by atomic mass is 32.1. The Morgan fingerprint density at radius 2 is 1.87 bits per heavy atom. The van der Waals surface area contributed by atoms with Crippen LogP contribution in [-0.2, 0) is 11.3 Å². The number of nitrogens with zero attached hydrogens (tertiary/aromatic N) is 2. The quantitative estimate of drug-likeness (QED) is 0.455. The van der Waals surface area contributed by atoms with E-state index in [0.717, 1.165) is 11.1 Å². The number of esters is 1. The smallest absolute Gasteiger partial charge is 0.340 e. The minimum Gasteiger partial charge on any atom is -0.452 e. The zero-order valence-electron chi connectivity index (χ0n) is 16.0. The third kappa shape index (κ3) is 4.44. The van der Waals surface area contributed by atoms with Crippen LogP contribution in [0.2, 0.25) is 0 Å². The lowest BCUT2D eigenvalue weighted by atomic mass is 10.1. The van der Waals surface area contributed by atoms with Crippen molar-refractivity contribution in [2.75, 3.05) is 5.32 Å². The second-order valence-corrected chi connectivity index (χ2v) is 7.38. The fraction of sp³-hybridized carbons (Fsp3) is 0.0909. The molecular weight excluding hydrogens is 402 g/mol. The average Bonchev–Trinajstić information content (AvgIpc) is 3.45. The Morgan fingerprint density at radius 3 is 2.63 bits per heavy atom. The summed E-state index contributed by atoms with van der Waals surface area (Å²) in [5, 5.41) is 8.47. The van der Waals surface area contributed by atoms with Gasteiger partial charge in [0.15, 0.2) is 6.61 Å². The Labute approximate surface area is 176 Å². The van der Waals surface area contributed by atoms with Gasteiger partial charge in [-0.3, -0.25) is 4.79 Å². The van der Waals surface area contributed by atoms with Crippen LogP contribution in [0.1, 0.15) is 31.5 Å². The van der Waals surface area contributed by atoms with Crippen LogP contribution in [0.25, 0.3) is 11.4 Å². The van der Waals surface area contributed by atoms with Crippen LogP contribution >= 0.6 is 11.3 Å². The van der Waals surface area contributed by atoms with E-state index < -0.39 is 5.97 Å². The number of para-hydroxylation sites is 1. The zero-order valence-corrected chi connectivity index (χ0v) is 16.8. The normalized spacial score (nSPS) is 10.6. The number of aryl methyl sites for hydroxylation is 1. The Balaban J connectivity index is 1.42. The van der Waals surface area contributed by atoms with Gasteiger partial charge in [-0.15, -0.1) is 11.3 Å². The Bertz CT molecular complexity index is 1170. The molecule has 0 aliphatic rings. The Kier molecular flexibility index (Phi) is 5.67. The molecule has 4 rings (SSSR count). The maximum Gasteiger partial charge on any atom is 0.340 e. The van der Waals surface area contributed by atoms with Crippen molar-refractivity contribution in [2.45, 2.75) is 13.5 Å². The van der Waals surface area contributed by atoms with Crippen molar-refractivity contribution in [2.24, 2.45) is 0 Å². The van der Waals surface area contributed by atoms with Crippen LogP contribution in [0.5, 0.6) is 0 Å². The van der Waals surface area contributed by atoms with Crippen molar-refractivity contribution in [3.05, 3.63) is 87.9 Å². The molecule has 4 aromatic rings. The van der Waals surface area contributed by atoms with Gasteiger partial charge in [0.2, 0.25) is 5.82 Å². The van der Waals surface area contributed by atoms with E-state index in [9.17, 15) is 9.59 Å². The van der Waals surface area contributed by atoms with Gasteiger partial charge in [0.05, 0.1) is 16.1 Å². The monoisotopic (exact) mass is 419 g/mol. The van der Waals surface area contributed by atoms with Crippen molar-refractivity contribution in [1.82, 2.24) is 10.1 Å². The van der Waals surface area contributed by atoms with Gasteiger partial charge >= 0.3 is 5.97 Å². The van der Waals surface area contributed by atoms with Gasteiger partial charge in [-0.2, -0.15) is 4.98 Å². The number of hydrogen-bond acceptors (Lipinski definition) is 7. The van der Waals surface area contributed by atoms with Crippen LogP contribution in [-0.4, -0.2) is 22.0 Å². The minimum absolute atomic E-state index is 0.176. The van der Waals surface area contributed by atoms with Crippen molar-refractivity contribution in [3.63, 3.8) is 0 Å². The molecule has 0 unspecified atom stereocenters. The van der Waals surface area contributed by atoms with E-state index in [2.05, 4.69) is 15.5 Å². The molecule has 8 heteroatoms. The molecule has 0 bridgehead atoms. The number of rotatable bonds is 6. The lowest BCUT2D eigenvalue weighted by molar-refractivity contribution is 0.0431. The first-order chi connectivity index (χ1) is 14.6. The van der Waals surface area contributed by atoms with Crippen LogP contribution < -0.4 is 5.32 Å². The number of amides is 1. The Morgan fingerprint density at radius 1 is 1.07 bits per heavy atom. The largest absolute Gasteiger partial charge is 0.452 e. The summed E-state index contributed by atoms with van der Waals surface area (Å²) in [6.07, 6.45) is 0. The SMILES string of the molecule is Cc1ccc(-c2noc(COC(=O)c3ccccc3NC(=O)c3cccs3)n2)cc1. The molecule has 2 aromatic heterocycles. The summed E-state index contributed by atoms with van der Waals surface area (Å²) >= 11 is 1.32. The molecule has 1 amide bonds. The molecule has 0 spiro atoms. The van der Waals surface area contributed by atoms with Gasteiger partial charge in [0.1, 0.15) is 0 Å². The van der Waals surface area contributed by atoms with E-state index in [1.54, 1.807) is 36.4 Å². The van der Waals surface area contributed by atoms with Crippen molar-refractivity contribution in [3.8, 4) is 11.4 Å². The molecule has 0 radical (unpaired) electrons. The molecule has 2 aromatic carbocycles. The molecule has 0 aliphatic carbocycles. The minimum atomic E-state index is -0.604. The molecule has 0 saturated carbocycles. The van der Waals surface area contributed by atoms with E-state index in [1.165, 1.54) is 11.3 Å². The predicted molar refractivity (Wildman–Crippen MR) is 112 cm³/mol. The van der Waals surface area contributed by atoms with Crippen molar-refractivity contribution in [1.29, 1.82) is 0 Å². The van der Waals surface area contributed by atoms with Gasteiger partial charge in [0.25, 0.3) is 11.8 Å². The Hall–Kier alpha value is -3.78. The number of ether oxygens (including phenoxy) is 1. The summed E-state index contributed by atoms with van der Waals surface area (Å²) < 4.78 is 10.5. The van der Waals surface area contributed by atoms with E-state index in [1.807, 2.05) is 36.6 Å². The summed E-state index contributed by atoms with van der Waals surface area (Å²) in [6, 6.07) is 17.8. The van der Waals surface area contributed by atoms with Crippen molar-refractivity contribution < 1.29 is 18.8 Å². The maximum absolute atomic E-state index is 12.6. The molecular formula is C22H17N3O4S. The van der Waals surface area contributed by atoms with Crippen molar-refractivity contribution >= 4 is 28.9 Å². The number of benzene rings is 2. The molecule has 150 valence electrons. The number of carbonyl (C=O) groups excluding carboxylic acids is 2. The number of carbonyl (C=O) groups is 2. The fourth-order valence-electron chi connectivity index (χ4n) is 2.70. The average molecular weight is 419 g/mol. The van der Waals surface area contributed by atoms with E-state index in [4.69, 9.17) is 9.26 Å². The van der Waals surface area contributed by atoms with Crippen LogP contribution in [0.15, 0.2) is 70.6 Å². The van der Waals surface area contributed by atoms with Crippen LogP contribution in [0, 0.1) is 6.92 Å². The summed E-state index contributed by atoms with van der Waals surface area (Å²) in [5.41, 5.74) is 2.54. The lowest BCUT2D eigenvalue weighted by Crippen LogP contribution is -2.15. The van der Waals surface area contributed by atoms with Gasteiger partial charge in [-0.25, -0.2) is 4.79 Å². The standard InChI is InChI=1S/C22H17N3O4S/c1-14-8-10-15(11-9-14)20-24-19(29-25-20)13-28-22(27)16-5-2-3-6-17(16)23-21(26)18-7-4-12-30-18/h2-12H,13H2,1H3,(H,23,26). The molecule has 2 heterocycles. The van der Waals surface area contributed by atoms with E-state index >= 15 is 0 Å². The molecule has 30 heavy (non-hydrogen) atoms. The zero-order chi connectivity index (χ0) is 20.9. The lowest BCUT2D eigenvalue weighted by Gasteiger charge is -2.09. The van der Waals surface area contributed by atoms with Gasteiger partial charge in [-0.05, 0) is 30.5 Å².